The van der Waals surface area contributed by atoms with Crippen molar-refractivity contribution in [1.82, 2.24) is 0 Å². The van der Waals surface area contributed by atoms with E-state index in [-0.39, 0.29) is 35.8 Å². The number of hydrogen-bond donors (Lipinski definition) is 1. The molecule has 1 amide bonds. The number of Topliss-reactive ketones (excluding diaryl/α,β-unsaturated/α-hetero) is 1. The summed E-state index contributed by atoms with van der Waals surface area (Å²) in [6.07, 6.45) is -3.85. The number of carbonyl (C=O) groups excluding carboxylic acids is 2. The number of halogens is 2. The van der Waals surface area contributed by atoms with Gasteiger partial charge in [-0.3, -0.25) is 9.59 Å². The van der Waals surface area contributed by atoms with Crippen LogP contribution in [0.1, 0.15) is 23.2 Å². The SMILES string of the molecule is COc1ccc(C(=O)CCC(=O)Nc2ccc3c(c2)OC(F)(F)O3)cc1OC. The van der Waals surface area contributed by atoms with E-state index in [4.69, 9.17) is 9.47 Å². The van der Waals surface area contributed by atoms with Crippen molar-refractivity contribution in [3.8, 4) is 23.0 Å². The highest BCUT2D eigenvalue weighted by molar-refractivity contribution is 6.00. The lowest BCUT2D eigenvalue weighted by Gasteiger charge is -2.09. The number of methoxy groups -OCH3 is 2. The first kappa shape index (κ1) is 19.4. The van der Waals surface area contributed by atoms with Gasteiger partial charge in [0.25, 0.3) is 0 Å². The third kappa shape index (κ3) is 4.30. The second kappa shape index (κ2) is 7.71. The summed E-state index contributed by atoms with van der Waals surface area (Å²) in [5.74, 6) is -0.0862. The molecule has 7 nitrogen and oxygen atoms in total. The summed E-state index contributed by atoms with van der Waals surface area (Å²) in [4.78, 5) is 24.4. The minimum Gasteiger partial charge on any atom is -0.493 e. The molecule has 0 atom stereocenters. The van der Waals surface area contributed by atoms with Crippen LogP contribution in [0.2, 0.25) is 0 Å². The quantitative estimate of drug-likeness (QED) is 0.724. The number of ketones is 1. The van der Waals surface area contributed by atoms with Gasteiger partial charge in [0.2, 0.25) is 5.91 Å². The van der Waals surface area contributed by atoms with Gasteiger partial charge in [0.15, 0.2) is 28.8 Å². The van der Waals surface area contributed by atoms with E-state index in [2.05, 4.69) is 14.8 Å². The zero-order valence-electron chi connectivity index (χ0n) is 15.1. The number of fused-ring (bicyclic) bond motifs is 1. The number of rotatable bonds is 7. The van der Waals surface area contributed by atoms with E-state index < -0.39 is 12.2 Å². The van der Waals surface area contributed by atoms with Gasteiger partial charge < -0.3 is 24.3 Å². The molecule has 3 rings (SSSR count). The Morgan fingerprint density at radius 1 is 0.964 bits per heavy atom. The van der Waals surface area contributed by atoms with Gasteiger partial charge in [0.05, 0.1) is 14.2 Å². The molecule has 0 aromatic heterocycles. The van der Waals surface area contributed by atoms with Gasteiger partial charge in [-0.25, -0.2) is 0 Å². The number of anilines is 1. The largest absolute Gasteiger partial charge is 0.586 e. The molecule has 0 radical (unpaired) electrons. The number of carbonyl (C=O) groups is 2. The average molecular weight is 393 g/mol. The maximum Gasteiger partial charge on any atom is 0.586 e. The standard InChI is InChI=1S/C19H17F2NO6/c1-25-14-6-3-11(9-16(14)26-2)13(23)5-8-18(24)22-12-4-7-15-17(10-12)28-19(20,21)27-15/h3-4,6-7,9-10H,5,8H2,1-2H3,(H,22,24). The van der Waals surface area contributed by atoms with Gasteiger partial charge >= 0.3 is 6.29 Å². The molecular weight excluding hydrogens is 376 g/mol. The molecule has 0 saturated heterocycles. The summed E-state index contributed by atoms with van der Waals surface area (Å²) in [6.45, 7) is 0. The van der Waals surface area contributed by atoms with Crippen LogP contribution in [0, 0.1) is 0 Å². The van der Waals surface area contributed by atoms with Crippen molar-refractivity contribution in [3.63, 3.8) is 0 Å². The maximum atomic E-state index is 13.0. The lowest BCUT2D eigenvalue weighted by molar-refractivity contribution is -0.286. The highest BCUT2D eigenvalue weighted by atomic mass is 19.3. The van der Waals surface area contributed by atoms with Crippen molar-refractivity contribution in [2.45, 2.75) is 19.1 Å². The van der Waals surface area contributed by atoms with Crippen molar-refractivity contribution in [3.05, 3.63) is 42.0 Å². The van der Waals surface area contributed by atoms with Gasteiger partial charge in [-0.15, -0.1) is 8.78 Å². The molecule has 2 aromatic carbocycles. The van der Waals surface area contributed by atoms with Crippen LogP contribution in [-0.2, 0) is 4.79 Å². The molecule has 0 saturated carbocycles. The minimum atomic E-state index is -3.73. The van der Waals surface area contributed by atoms with Gasteiger partial charge in [-0.05, 0) is 30.3 Å². The number of alkyl halides is 2. The lowest BCUT2D eigenvalue weighted by atomic mass is 10.1. The average Bonchev–Trinajstić information content (AvgIpc) is 2.98. The number of ether oxygens (including phenoxy) is 4. The van der Waals surface area contributed by atoms with E-state index in [1.54, 1.807) is 12.1 Å². The molecule has 1 aliphatic rings. The van der Waals surface area contributed by atoms with E-state index in [9.17, 15) is 18.4 Å². The van der Waals surface area contributed by atoms with Crippen molar-refractivity contribution in [1.29, 1.82) is 0 Å². The van der Waals surface area contributed by atoms with Crippen molar-refractivity contribution in [2.24, 2.45) is 0 Å². The van der Waals surface area contributed by atoms with E-state index in [1.807, 2.05) is 0 Å². The summed E-state index contributed by atoms with van der Waals surface area (Å²) in [6, 6.07) is 8.62. The molecule has 1 aliphatic heterocycles. The highest BCUT2D eigenvalue weighted by Crippen LogP contribution is 2.42. The molecule has 0 spiro atoms. The summed E-state index contributed by atoms with van der Waals surface area (Å²) >= 11 is 0. The Balaban J connectivity index is 1.57. The van der Waals surface area contributed by atoms with E-state index in [0.717, 1.165) is 0 Å². The second-order valence-corrected chi connectivity index (χ2v) is 5.87. The molecule has 28 heavy (non-hydrogen) atoms. The fourth-order valence-corrected chi connectivity index (χ4v) is 2.63. The third-order valence-corrected chi connectivity index (χ3v) is 3.97. The normalized spacial score (nSPS) is 13.7. The number of amides is 1. The summed E-state index contributed by atoms with van der Waals surface area (Å²) in [7, 11) is 2.95. The first-order valence-corrected chi connectivity index (χ1v) is 8.26. The first-order chi connectivity index (χ1) is 13.3. The molecule has 9 heteroatoms. The molecule has 0 aliphatic carbocycles. The van der Waals surface area contributed by atoms with Crippen molar-refractivity contribution in [2.75, 3.05) is 19.5 Å². The van der Waals surface area contributed by atoms with Gasteiger partial charge in [0.1, 0.15) is 0 Å². The molecule has 148 valence electrons. The Morgan fingerprint density at radius 2 is 1.68 bits per heavy atom. The van der Waals surface area contributed by atoms with Crippen LogP contribution in [0.25, 0.3) is 0 Å². The fourth-order valence-electron chi connectivity index (χ4n) is 2.63. The lowest BCUT2D eigenvalue weighted by Crippen LogP contribution is -2.25. The van der Waals surface area contributed by atoms with Crippen LogP contribution in [0.5, 0.6) is 23.0 Å². The number of benzene rings is 2. The Bertz CT molecular complexity index is 915. The van der Waals surface area contributed by atoms with Crippen LogP contribution in [0.4, 0.5) is 14.5 Å². The summed E-state index contributed by atoms with van der Waals surface area (Å²) in [5, 5.41) is 2.53. The third-order valence-electron chi connectivity index (χ3n) is 3.97. The van der Waals surface area contributed by atoms with Crippen LogP contribution in [0.3, 0.4) is 0 Å². The van der Waals surface area contributed by atoms with Crippen LogP contribution >= 0.6 is 0 Å². The van der Waals surface area contributed by atoms with Crippen LogP contribution in [0.15, 0.2) is 36.4 Å². The molecule has 0 bridgehead atoms. The van der Waals surface area contributed by atoms with Crippen molar-refractivity contribution < 1.29 is 37.3 Å². The van der Waals surface area contributed by atoms with E-state index >= 15 is 0 Å². The topological polar surface area (TPSA) is 83.1 Å². The maximum absolute atomic E-state index is 13.0. The molecule has 1 N–H and O–H groups in total. The fraction of sp³-hybridized carbons (Fsp3) is 0.263. The minimum absolute atomic E-state index is 0.0378. The predicted molar refractivity (Wildman–Crippen MR) is 94.4 cm³/mol. The van der Waals surface area contributed by atoms with E-state index in [1.165, 1.54) is 38.5 Å². The Kier molecular flexibility index (Phi) is 5.34. The van der Waals surface area contributed by atoms with Crippen LogP contribution < -0.4 is 24.3 Å². The van der Waals surface area contributed by atoms with E-state index in [0.29, 0.717) is 17.1 Å². The van der Waals surface area contributed by atoms with Gasteiger partial charge in [-0.2, -0.15) is 0 Å². The molecular formula is C19H17F2NO6. The van der Waals surface area contributed by atoms with Crippen LogP contribution in [-0.4, -0.2) is 32.2 Å². The highest BCUT2D eigenvalue weighted by Gasteiger charge is 2.43. The zero-order valence-corrected chi connectivity index (χ0v) is 15.1. The molecule has 0 unspecified atom stereocenters. The number of hydrogen-bond acceptors (Lipinski definition) is 6. The Hall–Kier alpha value is -3.36. The zero-order chi connectivity index (χ0) is 20.3. The summed E-state index contributed by atoms with van der Waals surface area (Å²) < 4.78 is 44.9. The smallest absolute Gasteiger partial charge is 0.493 e. The number of nitrogens with one attached hydrogen (secondary N) is 1. The van der Waals surface area contributed by atoms with Gasteiger partial charge in [0, 0.05) is 30.2 Å². The molecule has 2 aromatic rings. The van der Waals surface area contributed by atoms with Crippen molar-refractivity contribution >= 4 is 17.4 Å². The monoisotopic (exact) mass is 393 g/mol. The second-order valence-electron chi connectivity index (χ2n) is 5.87. The summed E-state index contributed by atoms with van der Waals surface area (Å²) in [5.41, 5.74) is 0.638. The predicted octanol–water partition coefficient (Wildman–Crippen LogP) is 3.63. The first-order valence-electron chi connectivity index (χ1n) is 8.26. The molecule has 1 heterocycles. The van der Waals surface area contributed by atoms with Gasteiger partial charge in [-0.1, -0.05) is 0 Å². The Labute approximate surface area is 159 Å². The molecule has 0 fully saturated rings. The Morgan fingerprint density at radius 3 is 2.39 bits per heavy atom.